The monoisotopic (exact) mass is 263 g/mol. The summed E-state index contributed by atoms with van der Waals surface area (Å²) in [5, 5.41) is 18.8. The highest BCUT2D eigenvalue weighted by atomic mass is 16.4. The predicted octanol–water partition coefficient (Wildman–Crippen LogP) is 1.64. The number of carbonyl (C=O) groups is 2. The summed E-state index contributed by atoms with van der Waals surface area (Å²) in [6.07, 6.45) is 1.27. The second kappa shape index (κ2) is 5.30. The van der Waals surface area contributed by atoms with E-state index in [0.717, 1.165) is 5.56 Å². The number of phenols is 1. The lowest BCUT2D eigenvalue weighted by Crippen LogP contribution is -2.42. The molecule has 0 radical (unpaired) electrons. The molecule has 102 valence electrons. The van der Waals surface area contributed by atoms with E-state index in [2.05, 4.69) is 0 Å². The van der Waals surface area contributed by atoms with Crippen molar-refractivity contribution in [1.29, 1.82) is 0 Å². The molecule has 0 aromatic heterocycles. The average molecular weight is 263 g/mol. The van der Waals surface area contributed by atoms with Crippen LogP contribution < -0.4 is 0 Å². The summed E-state index contributed by atoms with van der Waals surface area (Å²) in [6, 6.07) is 4.84. The Labute approximate surface area is 111 Å². The van der Waals surface area contributed by atoms with Crippen LogP contribution in [0.15, 0.2) is 18.2 Å². The molecule has 0 bridgehead atoms. The lowest BCUT2D eigenvalue weighted by Gasteiger charge is -2.31. The van der Waals surface area contributed by atoms with Gasteiger partial charge in [-0.2, -0.15) is 0 Å². The molecule has 1 heterocycles. The number of carbonyl (C=O) groups excluding carboxylic acids is 1. The van der Waals surface area contributed by atoms with Crippen LogP contribution in [0.4, 0.5) is 0 Å². The van der Waals surface area contributed by atoms with Gasteiger partial charge in [-0.1, -0.05) is 11.6 Å². The molecule has 0 aliphatic carbocycles. The quantitative estimate of drug-likeness (QED) is 0.850. The Kier molecular flexibility index (Phi) is 3.74. The molecule has 0 saturated carbocycles. The van der Waals surface area contributed by atoms with E-state index < -0.39 is 11.9 Å². The summed E-state index contributed by atoms with van der Waals surface area (Å²) in [5.41, 5.74) is 1.12. The first-order chi connectivity index (χ1) is 8.99. The molecule has 0 unspecified atom stereocenters. The van der Waals surface area contributed by atoms with Gasteiger partial charge in [-0.3, -0.25) is 9.59 Å². The minimum absolute atomic E-state index is 0.0620. The maximum atomic E-state index is 12.3. The van der Waals surface area contributed by atoms with Crippen molar-refractivity contribution >= 4 is 11.9 Å². The number of aryl methyl sites for hydroxylation is 1. The van der Waals surface area contributed by atoms with Gasteiger partial charge in [0.1, 0.15) is 5.75 Å². The number of hydrogen-bond acceptors (Lipinski definition) is 3. The number of aliphatic carboxylic acids is 1. The Morgan fingerprint density at radius 2 is 2.11 bits per heavy atom. The van der Waals surface area contributed by atoms with Crippen molar-refractivity contribution in [2.24, 2.45) is 5.92 Å². The van der Waals surface area contributed by atoms with E-state index in [-0.39, 0.29) is 23.8 Å². The molecule has 5 nitrogen and oxygen atoms in total. The van der Waals surface area contributed by atoms with Gasteiger partial charge in [0.2, 0.25) is 0 Å². The number of piperidine rings is 1. The zero-order valence-electron chi connectivity index (χ0n) is 10.8. The highest BCUT2D eigenvalue weighted by Crippen LogP contribution is 2.23. The molecule has 1 aromatic carbocycles. The summed E-state index contributed by atoms with van der Waals surface area (Å²) < 4.78 is 0. The lowest BCUT2D eigenvalue weighted by molar-refractivity contribution is -0.143. The van der Waals surface area contributed by atoms with Gasteiger partial charge in [-0.15, -0.1) is 0 Å². The number of aromatic hydroxyl groups is 1. The van der Waals surface area contributed by atoms with Gasteiger partial charge in [0.05, 0.1) is 11.5 Å². The molecular formula is C14H17NO4. The second-order valence-electron chi connectivity index (χ2n) is 4.95. The molecule has 5 heteroatoms. The molecule has 2 N–H and O–H groups in total. The second-order valence-corrected chi connectivity index (χ2v) is 4.95. The minimum Gasteiger partial charge on any atom is -0.507 e. The molecule has 1 aliphatic rings. The first-order valence-electron chi connectivity index (χ1n) is 6.30. The van der Waals surface area contributed by atoms with Crippen molar-refractivity contribution in [3.8, 4) is 5.75 Å². The summed E-state index contributed by atoms with van der Waals surface area (Å²) in [5.74, 6) is -1.74. The Morgan fingerprint density at radius 3 is 2.79 bits per heavy atom. The standard InChI is InChI=1S/C14H17NO4/c1-9-4-5-12(16)11(7-9)13(17)15-6-2-3-10(8-15)14(18)19/h4-5,7,10,16H,2-3,6,8H2,1H3,(H,18,19)/t10-/m0/s1. The third-order valence-electron chi connectivity index (χ3n) is 3.44. The van der Waals surface area contributed by atoms with Gasteiger partial charge >= 0.3 is 5.97 Å². The van der Waals surface area contributed by atoms with Gasteiger partial charge in [-0.25, -0.2) is 0 Å². The minimum atomic E-state index is -0.869. The molecular weight excluding hydrogens is 246 g/mol. The number of amides is 1. The Balaban J connectivity index is 2.19. The van der Waals surface area contributed by atoms with Gasteiger partial charge in [0.25, 0.3) is 5.91 Å². The van der Waals surface area contributed by atoms with Crippen LogP contribution in [0.1, 0.15) is 28.8 Å². The lowest BCUT2D eigenvalue weighted by atomic mass is 9.97. The van der Waals surface area contributed by atoms with E-state index >= 15 is 0 Å². The maximum Gasteiger partial charge on any atom is 0.308 e. The highest BCUT2D eigenvalue weighted by Gasteiger charge is 2.29. The Morgan fingerprint density at radius 1 is 1.37 bits per heavy atom. The first kappa shape index (κ1) is 13.4. The average Bonchev–Trinajstić information content (AvgIpc) is 2.41. The Hall–Kier alpha value is -2.04. The maximum absolute atomic E-state index is 12.3. The number of rotatable bonds is 2. The molecule has 2 rings (SSSR count). The zero-order valence-corrected chi connectivity index (χ0v) is 10.8. The number of carboxylic acid groups (broad SMARTS) is 1. The van der Waals surface area contributed by atoms with Crippen molar-refractivity contribution in [2.75, 3.05) is 13.1 Å². The molecule has 0 spiro atoms. The number of benzene rings is 1. The van der Waals surface area contributed by atoms with Crippen LogP contribution in [-0.4, -0.2) is 40.1 Å². The van der Waals surface area contributed by atoms with Crippen LogP contribution in [0, 0.1) is 12.8 Å². The summed E-state index contributed by atoms with van der Waals surface area (Å²) >= 11 is 0. The van der Waals surface area contributed by atoms with Crippen LogP contribution in [0.3, 0.4) is 0 Å². The third kappa shape index (κ3) is 2.86. The number of carboxylic acids is 1. The van der Waals surface area contributed by atoms with Gasteiger partial charge < -0.3 is 15.1 Å². The number of likely N-dealkylation sites (tertiary alicyclic amines) is 1. The number of phenolic OH excluding ortho intramolecular Hbond substituents is 1. The normalized spacial score (nSPS) is 19.2. The molecule has 1 amide bonds. The topological polar surface area (TPSA) is 77.8 Å². The number of hydrogen-bond donors (Lipinski definition) is 2. The van der Waals surface area contributed by atoms with E-state index in [1.165, 1.54) is 11.0 Å². The molecule has 1 aliphatic heterocycles. The molecule has 1 saturated heterocycles. The van der Waals surface area contributed by atoms with E-state index in [0.29, 0.717) is 19.4 Å². The largest absolute Gasteiger partial charge is 0.507 e. The van der Waals surface area contributed by atoms with Gasteiger partial charge in [0.15, 0.2) is 0 Å². The summed E-state index contributed by atoms with van der Waals surface area (Å²) in [4.78, 5) is 24.8. The van der Waals surface area contributed by atoms with Gasteiger partial charge in [0, 0.05) is 13.1 Å². The Bertz CT molecular complexity index is 512. The third-order valence-corrected chi connectivity index (χ3v) is 3.44. The first-order valence-corrected chi connectivity index (χ1v) is 6.30. The van der Waals surface area contributed by atoms with Crippen molar-refractivity contribution in [2.45, 2.75) is 19.8 Å². The number of nitrogens with zero attached hydrogens (tertiary/aromatic N) is 1. The zero-order chi connectivity index (χ0) is 14.0. The highest BCUT2D eigenvalue weighted by molar-refractivity contribution is 5.97. The molecule has 1 aromatic rings. The van der Waals surface area contributed by atoms with Crippen LogP contribution in [0.25, 0.3) is 0 Å². The van der Waals surface area contributed by atoms with Crippen molar-refractivity contribution in [3.63, 3.8) is 0 Å². The van der Waals surface area contributed by atoms with Gasteiger partial charge in [-0.05, 0) is 31.9 Å². The van der Waals surface area contributed by atoms with Crippen LogP contribution in [0.5, 0.6) is 5.75 Å². The van der Waals surface area contributed by atoms with E-state index in [1.807, 2.05) is 6.92 Å². The predicted molar refractivity (Wildman–Crippen MR) is 69.1 cm³/mol. The molecule has 1 fully saturated rings. The van der Waals surface area contributed by atoms with E-state index in [9.17, 15) is 14.7 Å². The molecule has 1 atom stereocenters. The fourth-order valence-electron chi connectivity index (χ4n) is 2.35. The SMILES string of the molecule is Cc1ccc(O)c(C(=O)N2CCC[C@H](C(=O)O)C2)c1. The van der Waals surface area contributed by atoms with Crippen molar-refractivity contribution in [1.82, 2.24) is 4.90 Å². The van der Waals surface area contributed by atoms with Crippen molar-refractivity contribution < 1.29 is 19.8 Å². The summed E-state index contributed by atoms with van der Waals surface area (Å²) in [6.45, 7) is 2.59. The smallest absolute Gasteiger partial charge is 0.308 e. The van der Waals surface area contributed by atoms with Crippen LogP contribution in [-0.2, 0) is 4.79 Å². The van der Waals surface area contributed by atoms with E-state index in [4.69, 9.17) is 5.11 Å². The van der Waals surface area contributed by atoms with Crippen LogP contribution >= 0.6 is 0 Å². The van der Waals surface area contributed by atoms with E-state index in [1.54, 1.807) is 12.1 Å². The van der Waals surface area contributed by atoms with Crippen molar-refractivity contribution in [3.05, 3.63) is 29.3 Å². The molecule has 19 heavy (non-hydrogen) atoms. The fourth-order valence-corrected chi connectivity index (χ4v) is 2.35. The van der Waals surface area contributed by atoms with Crippen LogP contribution in [0.2, 0.25) is 0 Å². The fraction of sp³-hybridized carbons (Fsp3) is 0.429. The summed E-state index contributed by atoms with van der Waals surface area (Å²) in [7, 11) is 0.